The molecule has 0 aliphatic carbocycles. The number of rotatable bonds is 12. The number of nitrogens with zero attached hydrogens (tertiary/aromatic N) is 1. The second-order valence-electron chi connectivity index (χ2n) is 5.78. The van der Waals surface area contributed by atoms with Crippen LogP contribution in [0.4, 0.5) is 0 Å². The van der Waals surface area contributed by atoms with E-state index in [4.69, 9.17) is 0 Å². The molecule has 1 heteroatoms. The number of hydrogen-bond donors (Lipinski definition) is 0. The predicted octanol–water partition coefficient (Wildman–Crippen LogP) is 5.25. The van der Waals surface area contributed by atoms with Crippen molar-refractivity contribution in [1.82, 2.24) is 4.90 Å². The number of hydrogen-bond acceptors (Lipinski definition) is 1. The third kappa shape index (κ3) is 12.2. The maximum Gasteiger partial charge on any atom is 0.00608 e. The Morgan fingerprint density at radius 2 is 1.12 bits per heavy atom. The molecule has 1 unspecified atom stereocenters. The lowest BCUT2D eigenvalue weighted by Crippen LogP contribution is -2.24. The second kappa shape index (κ2) is 12.4. The van der Waals surface area contributed by atoms with Gasteiger partial charge in [0, 0.05) is 6.04 Å². The second-order valence-corrected chi connectivity index (χ2v) is 5.78. The summed E-state index contributed by atoms with van der Waals surface area (Å²) < 4.78 is 0. The molecule has 0 heterocycles. The molecule has 0 bridgehead atoms. The van der Waals surface area contributed by atoms with E-state index < -0.39 is 0 Å². The van der Waals surface area contributed by atoms with Gasteiger partial charge in [-0.1, -0.05) is 71.1 Å². The lowest BCUT2D eigenvalue weighted by atomic mass is 10.0. The molecule has 0 spiro atoms. The van der Waals surface area contributed by atoms with E-state index in [-0.39, 0.29) is 0 Å². The van der Waals surface area contributed by atoms with Crippen LogP contribution in [0, 0.1) is 0 Å². The molecular weight excluding hydrogens is 206 g/mol. The van der Waals surface area contributed by atoms with Crippen molar-refractivity contribution in [2.75, 3.05) is 14.1 Å². The summed E-state index contributed by atoms with van der Waals surface area (Å²) in [7, 11) is 4.36. The molecule has 0 aromatic rings. The fourth-order valence-electron chi connectivity index (χ4n) is 2.19. The highest BCUT2D eigenvalue weighted by atomic mass is 15.1. The van der Waals surface area contributed by atoms with Crippen molar-refractivity contribution < 1.29 is 0 Å². The molecule has 0 saturated carbocycles. The normalized spacial score (nSPS) is 13.2. The first kappa shape index (κ1) is 17.0. The Balaban J connectivity index is 3.03. The summed E-state index contributed by atoms with van der Waals surface area (Å²) in [6.07, 6.45) is 15.8. The van der Waals surface area contributed by atoms with Crippen molar-refractivity contribution in [2.45, 2.75) is 90.5 Å². The van der Waals surface area contributed by atoms with Gasteiger partial charge in [-0.05, 0) is 27.4 Å². The van der Waals surface area contributed by atoms with E-state index in [2.05, 4.69) is 32.8 Å². The van der Waals surface area contributed by atoms with Crippen LogP contribution in [0.25, 0.3) is 0 Å². The van der Waals surface area contributed by atoms with Crippen LogP contribution >= 0.6 is 0 Å². The van der Waals surface area contributed by atoms with Crippen LogP contribution in [0.15, 0.2) is 0 Å². The Morgan fingerprint density at radius 3 is 1.53 bits per heavy atom. The first-order chi connectivity index (χ1) is 8.18. The lowest BCUT2D eigenvalue weighted by Gasteiger charge is -2.19. The van der Waals surface area contributed by atoms with Gasteiger partial charge >= 0.3 is 0 Å². The summed E-state index contributed by atoms with van der Waals surface area (Å²) in [6.45, 7) is 4.61. The Morgan fingerprint density at radius 1 is 0.706 bits per heavy atom. The smallest absolute Gasteiger partial charge is 0.00608 e. The Bertz CT molecular complexity index is 142. The Hall–Kier alpha value is -0.0400. The Kier molecular flexibility index (Phi) is 12.4. The van der Waals surface area contributed by atoms with Crippen LogP contribution in [-0.4, -0.2) is 25.0 Å². The first-order valence-electron chi connectivity index (χ1n) is 7.85. The standard InChI is InChI=1S/C16H35N/c1-5-6-7-8-9-10-11-12-13-14-15-16(2)17(3)4/h16H,5-15H2,1-4H3. The first-order valence-corrected chi connectivity index (χ1v) is 7.85. The van der Waals surface area contributed by atoms with Gasteiger partial charge in [-0.25, -0.2) is 0 Å². The lowest BCUT2D eigenvalue weighted by molar-refractivity contribution is 0.291. The van der Waals surface area contributed by atoms with Gasteiger partial charge in [0.15, 0.2) is 0 Å². The summed E-state index contributed by atoms with van der Waals surface area (Å²) in [4.78, 5) is 2.33. The van der Waals surface area contributed by atoms with E-state index >= 15 is 0 Å². The van der Waals surface area contributed by atoms with E-state index in [0.29, 0.717) is 0 Å². The van der Waals surface area contributed by atoms with E-state index in [1.807, 2.05) is 0 Å². The summed E-state index contributed by atoms with van der Waals surface area (Å²) in [6, 6.07) is 0.754. The van der Waals surface area contributed by atoms with E-state index in [1.54, 1.807) is 0 Å². The van der Waals surface area contributed by atoms with E-state index in [1.165, 1.54) is 70.6 Å². The van der Waals surface area contributed by atoms with E-state index in [9.17, 15) is 0 Å². The molecule has 0 aliphatic heterocycles. The van der Waals surface area contributed by atoms with Crippen molar-refractivity contribution in [1.29, 1.82) is 0 Å². The molecule has 0 rings (SSSR count). The van der Waals surface area contributed by atoms with Crippen LogP contribution in [-0.2, 0) is 0 Å². The zero-order chi connectivity index (χ0) is 12.9. The minimum Gasteiger partial charge on any atom is -0.307 e. The van der Waals surface area contributed by atoms with Gasteiger partial charge in [-0.15, -0.1) is 0 Å². The third-order valence-corrected chi connectivity index (χ3v) is 3.86. The monoisotopic (exact) mass is 241 g/mol. The van der Waals surface area contributed by atoms with Crippen molar-refractivity contribution in [2.24, 2.45) is 0 Å². The fraction of sp³-hybridized carbons (Fsp3) is 1.00. The van der Waals surface area contributed by atoms with Gasteiger partial charge in [-0.2, -0.15) is 0 Å². The average molecular weight is 241 g/mol. The zero-order valence-electron chi connectivity index (χ0n) is 12.8. The number of unbranched alkanes of at least 4 members (excludes halogenated alkanes) is 9. The van der Waals surface area contributed by atoms with Crippen molar-refractivity contribution >= 4 is 0 Å². The van der Waals surface area contributed by atoms with Gasteiger partial charge in [0.1, 0.15) is 0 Å². The summed E-state index contributed by atoms with van der Waals surface area (Å²) in [5.41, 5.74) is 0. The largest absolute Gasteiger partial charge is 0.307 e. The highest BCUT2D eigenvalue weighted by Crippen LogP contribution is 2.12. The molecule has 1 atom stereocenters. The third-order valence-electron chi connectivity index (χ3n) is 3.86. The maximum atomic E-state index is 2.33. The van der Waals surface area contributed by atoms with Crippen molar-refractivity contribution in [3.05, 3.63) is 0 Å². The highest BCUT2D eigenvalue weighted by molar-refractivity contribution is 4.59. The summed E-state index contributed by atoms with van der Waals surface area (Å²) in [5, 5.41) is 0. The van der Waals surface area contributed by atoms with Crippen LogP contribution < -0.4 is 0 Å². The Labute approximate surface area is 110 Å². The molecule has 17 heavy (non-hydrogen) atoms. The molecule has 0 aromatic heterocycles. The molecule has 0 radical (unpaired) electrons. The quantitative estimate of drug-likeness (QED) is 0.422. The molecule has 0 saturated heterocycles. The van der Waals surface area contributed by atoms with Crippen molar-refractivity contribution in [3.63, 3.8) is 0 Å². The minimum absolute atomic E-state index is 0.754. The molecular formula is C16H35N. The molecule has 104 valence electrons. The average Bonchev–Trinajstić information content (AvgIpc) is 2.31. The van der Waals surface area contributed by atoms with Gasteiger partial charge in [-0.3, -0.25) is 0 Å². The van der Waals surface area contributed by atoms with Crippen LogP contribution in [0.3, 0.4) is 0 Å². The van der Waals surface area contributed by atoms with Crippen LogP contribution in [0.2, 0.25) is 0 Å². The molecule has 0 amide bonds. The highest BCUT2D eigenvalue weighted by Gasteiger charge is 2.02. The van der Waals surface area contributed by atoms with Gasteiger partial charge in [0.2, 0.25) is 0 Å². The molecule has 0 fully saturated rings. The van der Waals surface area contributed by atoms with Gasteiger partial charge in [0.25, 0.3) is 0 Å². The fourth-order valence-corrected chi connectivity index (χ4v) is 2.19. The van der Waals surface area contributed by atoms with E-state index in [0.717, 1.165) is 6.04 Å². The van der Waals surface area contributed by atoms with Gasteiger partial charge < -0.3 is 4.90 Å². The molecule has 1 nitrogen and oxygen atoms in total. The zero-order valence-corrected chi connectivity index (χ0v) is 12.8. The molecule has 0 aromatic carbocycles. The van der Waals surface area contributed by atoms with Crippen LogP contribution in [0.5, 0.6) is 0 Å². The van der Waals surface area contributed by atoms with Crippen molar-refractivity contribution in [3.8, 4) is 0 Å². The molecule has 0 aliphatic rings. The minimum atomic E-state index is 0.754. The predicted molar refractivity (Wildman–Crippen MR) is 79.6 cm³/mol. The topological polar surface area (TPSA) is 3.24 Å². The SMILES string of the molecule is CCCCCCCCCCCCC(C)N(C)C. The summed E-state index contributed by atoms with van der Waals surface area (Å²) >= 11 is 0. The maximum absolute atomic E-state index is 2.33. The summed E-state index contributed by atoms with van der Waals surface area (Å²) in [5.74, 6) is 0. The van der Waals surface area contributed by atoms with Gasteiger partial charge in [0.05, 0.1) is 0 Å². The van der Waals surface area contributed by atoms with Crippen LogP contribution in [0.1, 0.15) is 84.5 Å². The molecule has 0 N–H and O–H groups in total.